The van der Waals surface area contributed by atoms with Crippen LogP contribution in [0.4, 0.5) is 10.5 Å². The number of anilines is 1. The summed E-state index contributed by atoms with van der Waals surface area (Å²) >= 11 is 0. The maximum absolute atomic E-state index is 10.8. The number of benzene rings is 1. The second-order valence-corrected chi connectivity index (χ2v) is 5.23. The SMILES string of the molecule is CC(C)(C)c1nnc(-c2cccc(NC(N)=O)c2)o1. The molecule has 3 N–H and O–H groups in total. The van der Waals surface area contributed by atoms with Crippen molar-refractivity contribution >= 4 is 11.7 Å². The molecule has 6 nitrogen and oxygen atoms in total. The molecule has 1 aromatic heterocycles. The zero-order valence-corrected chi connectivity index (χ0v) is 11.1. The third kappa shape index (κ3) is 3.09. The first-order chi connectivity index (χ1) is 8.86. The Hall–Kier alpha value is -2.37. The first-order valence-corrected chi connectivity index (χ1v) is 5.87. The van der Waals surface area contributed by atoms with Crippen LogP contribution in [-0.4, -0.2) is 16.2 Å². The fourth-order valence-electron chi connectivity index (χ4n) is 1.52. The number of amides is 2. The van der Waals surface area contributed by atoms with Crippen molar-refractivity contribution in [2.45, 2.75) is 26.2 Å². The normalized spacial score (nSPS) is 11.3. The van der Waals surface area contributed by atoms with Gasteiger partial charge in [0.1, 0.15) is 0 Å². The summed E-state index contributed by atoms with van der Waals surface area (Å²) in [5.41, 5.74) is 6.19. The van der Waals surface area contributed by atoms with E-state index >= 15 is 0 Å². The predicted molar refractivity (Wildman–Crippen MR) is 71.6 cm³/mol. The van der Waals surface area contributed by atoms with Gasteiger partial charge in [0.2, 0.25) is 11.8 Å². The van der Waals surface area contributed by atoms with Crippen LogP contribution < -0.4 is 11.1 Å². The van der Waals surface area contributed by atoms with Crippen LogP contribution in [0.1, 0.15) is 26.7 Å². The molecule has 0 spiro atoms. The zero-order valence-electron chi connectivity index (χ0n) is 11.1. The van der Waals surface area contributed by atoms with E-state index in [4.69, 9.17) is 10.2 Å². The van der Waals surface area contributed by atoms with E-state index in [1.165, 1.54) is 0 Å². The lowest BCUT2D eigenvalue weighted by Crippen LogP contribution is -2.19. The van der Waals surface area contributed by atoms with Crippen molar-refractivity contribution in [3.05, 3.63) is 30.2 Å². The molecule has 1 aromatic carbocycles. The Morgan fingerprint density at radius 2 is 2.05 bits per heavy atom. The third-order valence-electron chi connectivity index (χ3n) is 2.44. The number of carbonyl (C=O) groups is 1. The van der Waals surface area contributed by atoms with Crippen molar-refractivity contribution in [3.8, 4) is 11.5 Å². The van der Waals surface area contributed by atoms with Crippen LogP contribution in [0.5, 0.6) is 0 Å². The van der Waals surface area contributed by atoms with Crippen LogP contribution in [0.3, 0.4) is 0 Å². The van der Waals surface area contributed by atoms with Crippen LogP contribution in [0.15, 0.2) is 28.7 Å². The van der Waals surface area contributed by atoms with E-state index in [2.05, 4.69) is 15.5 Å². The molecule has 2 amide bonds. The molecule has 2 aromatic rings. The van der Waals surface area contributed by atoms with Gasteiger partial charge in [0.05, 0.1) is 0 Å². The number of nitrogens with one attached hydrogen (secondary N) is 1. The lowest BCUT2D eigenvalue weighted by Gasteiger charge is -2.11. The van der Waals surface area contributed by atoms with Crippen molar-refractivity contribution in [1.29, 1.82) is 0 Å². The first kappa shape index (κ1) is 13.1. The second kappa shape index (κ2) is 4.72. The highest BCUT2D eigenvalue weighted by molar-refractivity contribution is 5.88. The third-order valence-corrected chi connectivity index (χ3v) is 2.44. The van der Waals surface area contributed by atoms with E-state index in [1.807, 2.05) is 26.8 Å². The van der Waals surface area contributed by atoms with E-state index < -0.39 is 6.03 Å². The molecule has 0 saturated heterocycles. The Morgan fingerprint density at radius 3 is 2.63 bits per heavy atom. The maximum atomic E-state index is 10.8. The number of rotatable bonds is 2. The van der Waals surface area contributed by atoms with E-state index in [1.54, 1.807) is 18.2 Å². The number of hydrogen-bond acceptors (Lipinski definition) is 4. The number of primary amides is 1. The predicted octanol–water partition coefficient (Wildman–Crippen LogP) is 2.52. The molecular formula is C13H16N4O2. The van der Waals surface area contributed by atoms with Gasteiger partial charge in [-0.15, -0.1) is 10.2 Å². The number of aromatic nitrogens is 2. The summed E-state index contributed by atoms with van der Waals surface area (Å²) in [6.45, 7) is 5.99. The monoisotopic (exact) mass is 260 g/mol. The molecule has 19 heavy (non-hydrogen) atoms. The van der Waals surface area contributed by atoms with E-state index in [-0.39, 0.29) is 5.41 Å². The number of nitrogens with zero attached hydrogens (tertiary/aromatic N) is 2. The lowest BCUT2D eigenvalue weighted by atomic mass is 9.97. The van der Waals surface area contributed by atoms with E-state index in [9.17, 15) is 4.79 Å². The van der Waals surface area contributed by atoms with Gasteiger partial charge in [0, 0.05) is 16.7 Å². The van der Waals surface area contributed by atoms with Crippen molar-refractivity contribution in [3.63, 3.8) is 0 Å². The fraction of sp³-hybridized carbons (Fsp3) is 0.308. The number of carbonyl (C=O) groups excluding carboxylic acids is 1. The Balaban J connectivity index is 2.31. The number of urea groups is 1. The van der Waals surface area contributed by atoms with Crippen LogP contribution >= 0.6 is 0 Å². The van der Waals surface area contributed by atoms with Crippen molar-refractivity contribution in [1.82, 2.24) is 10.2 Å². The average molecular weight is 260 g/mol. The minimum absolute atomic E-state index is 0.200. The van der Waals surface area contributed by atoms with E-state index in [0.29, 0.717) is 17.5 Å². The average Bonchev–Trinajstić information content (AvgIpc) is 2.77. The molecule has 0 atom stereocenters. The first-order valence-electron chi connectivity index (χ1n) is 5.87. The molecule has 0 radical (unpaired) electrons. The summed E-state index contributed by atoms with van der Waals surface area (Å²) in [5, 5.41) is 10.5. The molecule has 100 valence electrons. The minimum Gasteiger partial charge on any atom is -0.420 e. The quantitative estimate of drug-likeness (QED) is 0.867. The molecule has 0 saturated carbocycles. The molecule has 2 rings (SSSR count). The van der Waals surface area contributed by atoms with Gasteiger partial charge < -0.3 is 15.5 Å². The Bertz CT molecular complexity index is 599. The minimum atomic E-state index is -0.613. The second-order valence-electron chi connectivity index (χ2n) is 5.23. The van der Waals surface area contributed by atoms with Gasteiger partial charge in [0.25, 0.3) is 0 Å². The van der Waals surface area contributed by atoms with Gasteiger partial charge in [-0.1, -0.05) is 26.8 Å². The Labute approximate surface area is 111 Å². The summed E-state index contributed by atoms with van der Waals surface area (Å²) in [6.07, 6.45) is 0. The zero-order chi connectivity index (χ0) is 14.0. The summed E-state index contributed by atoms with van der Waals surface area (Å²) in [5.74, 6) is 0.980. The molecule has 0 aliphatic rings. The molecule has 6 heteroatoms. The Morgan fingerprint density at radius 1 is 1.32 bits per heavy atom. The molecule has 1 heterocycles. The molecule has 0 bridgehead atoms. The van der Waals surface area contributed by atoms with Gasteiger partial charge in [-0.2, -0.15) is 0 Å². The van der Waals surface area contributed by atoms with Gasteiger partial charge in [-0.05, 0) is 18.2 Å². The van der Waals surface area contributed by atoms with Crippen molar-refractivity contribution < 1.29 is 9.21 Å². The van der Waals surface area contributed by atoms with Crippen molar-refractivity contribution in [2.24, 2.45) is 5.73 Å². The van der Waals surface area contributed by atoms with E-state index in [0.717, 1.165) is 5.56 Å². The van der Waals surface area contributed by atoms with Crippen molar-refractivity contribution in [2.75, 3.05) is 5.32 Å². The summed E-state index contributed by atoms with van der Waals surface area (Å²) < 4.78 is 5.63. The smallest absolute Gasteiger partial charge is 0.316 e. The highest BCUT2D eigenvalue weighted by Gasteiger charge is 2.21. The highest BCUT2D eigenvalue weighted by atomic mass is 16.4. The molecule has 0 aliphatic carbocycles. The van der Waals surface area contributed by atoms with Gasteiger partial charge in [0.15, 0.2) is 0 Å². The van der Waals surface area contributed by atoms with Gasteiger partial charge in [-0.3, -0.25) is 0 Å². The van der Waals surface area contributed by atoms with Crippen LogP contribution in [-0.2, 0) is 5.41 Å². The molecule has 0 fully saturated rings. The van der Waals surface area contributed by atoms with Crippen LogP contribution in [0.2, 0.25) is 0 Å². The lowest BCUT2D eigenvalue weighted by molar-refractivity contribution is 0.259. The van der Waals surface area contributed by atoms with Gasteiger partial charge in [-0.25, -0.2) is 4.79 Å². The standard InChI is InChI=1S/C13H16N4O2/c1-13(2,3)11-17-16-10(19-11)8-5-4-6-9(7-8)15-12(14)18/h4-7H,1-3H3,(H3,14,15,18). The Kier molecular flexibility index (Phi) is 3.25. The van der Waals surface area contributed by atoms with Crippen LogP contribution in [0, 0.1) is 0 Å². The topological polar surface area (TPSA) is 94.0 Å². The largest absolute Gasteiger partial charge is 0.420 e. The summed E-state index contributed by atoms with van der Waals surface area (Å²) in [7, 11) is 0. The molecule has 0 aliphatic heterocycles. The highest BCUT2D eigenvalue weighted by Crippen LogP contribution is 2.26. The van der Waals surface area contributed by atoms with Gasteiger partial charge >= 0.3 is 6.03 Å². The summed E-state index contributed by atoms with van der Waals surface area (Å²) in [4.78, 5) is 10.8. The summed E-state index contributed by atoms with van der Waals surface area (Å²) in [6, 6.07) is 6.45. The fourth-order valence-corrected chi connectivity index (χ4v) is 1.52. The van der Waals surface area contributed by atoms with Crippen LogP contribution in [0.25, 0.3) is 11.5 Å². The molecule has 0 unspecified atom stereocenters. The maximum Gasteiger partial charge on any atom is 0.316 e. The molecular weight excluding hydrogens is 244 g/mol. The number of hydrogen-bond donors (Lipinski definition) is 2. The number of nitrogens with two attached hydrogens (primary N) is 1.